The van der Waals surface area contributed by atoms with E-state index in [-0.39, 0.29) is 5.75 Å². The van der Waals surface area contributed by atoms with Crippen molar-refractivity contribution >= 4 is 45.4 Å². The molecule has 0 fully saturated rings. The number of aromatic nitrogens is 1. The van der Waals surface area contributed by atoms with E-state index in [0.717, 1.165) is 22.9 Å². The molecule has 0 amide bonds. The second-order valence-electron chi connectivity index (χ2n) is 6.92. The van der Waals surface area contributed by atoms with Crippen LogP contribution in [0, 0.1) is 0 Å². The number of hydrogen-bond acceptors (Lipinski definition) is 6. The predicted octanol–water partition coefficient (Wildman–Crippen LogP) is 5.44. The van der Waals surface area contributed by atoms with Gasteiger partial charge < -0.3 is 19.9 Å². The van der Waals surface area contributed by atoms with Gasteiger partial charge in [-0.15, -0.1) is 24.9 Å². The third-order valence-corrected chi connectivity index (χ3v) is 5.77. The maximum Gasteiger partial charge on any atom is 0.573 e. The molecule has 0 spiro atoms. The molecule has 9 heteroatoms. The van der Waals surface area contributed by atoms with Gasteiger partial charge in [0, 0.05) is 55.1 Å². The van der Waals surface area contributed by atoms with E-state index >= 15 is 0 Å². The van der Waals surface area contributed by atoms with E-state index in [2.05, 4.69) is 32.1 Å². The van der Waals surface area contributed by atoms with Crippen LogP contribution in [0.15, 0.2) is 47.5 Å². The van der Waals surface area contributed by atoms with Crippen molar-refractivity contribution in [3.8, 4) is 5.75 Å². The second kappa shape index (κ2) is 7.22. The molecule has 5 nitrogen and oxygen atoms in total. The van der Waals surface area contributed by atoms with Gasteiger partial charge in [0.15, 0.2) is 5.75 Å². The Kier molecular flexibility index (Phi) is 4.85. The number of pyridine rings is 1. The van der Waals surface area contributed by atoms with Crippen molar-refractivity contribution in [2.75, 3.05) is 42.1 Å². The number of ether oxygens (including phenoxy) is 1. The molecular formula is C20H19F3N4OS. The minimum absolute atomic E-state index is 0.282. The number of thioether (sulfide) groups is 1. The van der Waals surface area contributed by atoms with Gasteiger partial charge in [-0.1, -0.05) is 0 Å². The lowest BCUT2D eigenvalue weighted by molar-refractivity contribution is -0.274. The van der Waals surface area contributed by atoms with Crippen molar-refractivity contribution in [1.29, 1.82) is 0 Å². The fraction of sp³-hybridized carbons (Fsp3) is 0.250. The summed E-state index contributed by atoms with van der Waals surface area (Å²) in [7, 11) is 5.37. The molecule has 1 aliphatic rings. The Morgan fingerprint density at radius 2 is 1.97 bits per heavy atom. The lowest BCUT2D eigenvalue weighted by Crippen LogP contribution is -2.20. The Labute approximate surface area is 170 Å². The van der Waals surface area contributed by atoms with E-state index in [0.29, 0.717) is 16.6 Å². The summed E-state index contributed by atoms with van der Waals surface area (Å²) in [6, 6.07) is 10.9. The van der Waals surface area contributed by atoms with Crippen molar-refractivity contribution in [2.45, 2.75) is 11.3 Å². The van der Waals surface area contributed by atoms with E-state index in [9.17, 15) is 13.2 Å². The van der Waals surface area contributed by atoms with Gasteiger partial charge in [-0.25, -0.2) is 0 Å². The zero-order valence-electron chi connectivity index (χ0n) is 16.0. The van der Waals surface area contributed by atoms with Crippen molar-refractivity contribution in [1.82, 2.24) is 4.98 Å². The van der Waals surface area contributed by atoms with Crippen molar-refractivity contribution in [2.24, 2.45) is 0 Å². The molecule has 0 radical (unpaired) electrons. The van der Waals surface area contributed by atoms with E-state index in [1.54, 1.807) is 49.1 Å². The standard InChI is InChI=1S/C20H19F3N4OS/c1-26(2)16-9-13-14(6-7-24-15(13)10-18(16)28-20(21,22)23)25-12-4-5-19-17(8-12)27(3)11-29-19/h4-10H,11H2,1-3H3,(H,24,25). The number of halogens is 3. The molecule has 152 valence electrons. The molecule has 2 aromatic carbocycles. The first-order valence-corrected chi connectivity index (χ1v) is 9.81. The van der Waals surface area contributed by atoms with Gasteiger partial charge in [0.1, 0.15) is 0 Å². The van der Waals surface area contributed by atoms with Crippen molar-refractivity contribution in [3.63, 3.8) is 0 Å². The fourth-order valence-corrected chi connectivity index (χ4v) is 4.23. The number of nitrogens with zero attached hydrogens (tertiary/aromatic N) is 3. The largest absolute Gasteiger partial charge is 0.573 e. The molecule has 0 aliphatic carbocycles. The second-order valence-corrected chi connectivity index (χ2v) is 7.90. The molecule has 0 saturated carbocycles. The van der Waals surface area contributed by atoms with Gasteiger partial charge in [0.25, 0.3) is 0 Å². The van der Waals surface area contributed by atoms with Crippen LogP contribution in [0.3, 0.4) is 0 Å². The molecule has 3 aromatic rings. The van der Waals surface area contributed by atoms with Crippen LogP contribution in [0.1, 0.15) is 0 Å². The molecule has 1 aliphatic heterocycles. The lowest BCUT2D eigenvalue weighted by atomic mass is 10.1. The van der Waals surface area contributed by atoms with Gasteiger partial charge in [0.2, 0.25) is 0 Å². The van der Waals surface area contributed by atoms with Crippen LogP contribution in [-0.2, 0) is 0 Å². The summed E-state index contributed by atoms with van der Waals surface area (Å²) < 4.78 is 42.7. The molecule has 1 aromatic heterocycles. The van der Waals surface area contributed by atoms with Crippen LogP contribution in [0.2, 0.25) is 0 Å². The molecular weight excluding hydrogens is 401 g/mol. The molecule has 4 rings (SSSR count). The minimum atomic E-state index is -4.78. The van der Waals surface area contributed by atoms with Gasteiger partial charge in [-0.2, -0.15) is 0 Å². The summed E-state index contributed by atoms with van der Waals surface area (Å²) in [5.74, 6) is 0.626. The molecule has 0 bridgehead atoms. The van der Waals surface area contributed by atoms with Crippen LogP contribution in [0.5, 0.6) is 5.75 Å². The Morgan fingerprint density at radius 1 is 1.17 bits per heavy atom. The van der Waals surface area contributed by atoms with E-state index < -0.39 is 6.36 Å². The van der Waals surface area contributed by atoms with Crippen LogP contribution >= 0.6 is 11.8 Å². The number of nitrogens with one attached hydrogen (secondary N) is 1. The van der Waals surface area contributed by atoms with E-state index in [1.807, 2.05) is 13.1 Å². The number of hydrogen-bond donors (Lipinski definition) is 1. The molecule has 0 saturated heterocycles. The Bertz CT molecular complexity index is 1070. The summed E-state index contributed by atoms with van der Waals surface area (Å²) >= 11 is 1.78. The highest BCUT2D eigenvalue weighted by Gasteiger charge is 2.32. The molecule has 0 unspecified atom stereocenters. The van der Waals surface area contributed by atoms with Gasteiger partial charge in [-0.05, 0) is 30.3 Å². The number of rotatable bonds is 4. The quantitative estimate of drug-likeness (QED) is 0.606. The maximum atomic E-state index is 12.8. The van der Waals surface area contributed by atoms with E-state index in [4.69, 9.17) is 0 Å². The Balaban J connectivity index is 1.76. The molecule has 0 atom stereocenters. The van der Waals surface area contributed by atoms with Crippen molar-refractivity contribution in [3.05, 3.63) is 42.6 Å². The zero-order chi connectivity index (χ0) is 20.8. The summed E-state index contributed by atoms with van der Waals surface area (Å²) in [6.07, 6.45) is -3.21. The molecule has 29 heavy (non-hydrogen) atoms. The lowest BCUT2D eigenvalue weighted by Gasteiger charge is -2.20. The average molecular weight is 420 g/mol. The number of anilines is 4. The van der Waals surface area contributed by atoms with Crippen LogP contribution < -0.4 is 19.9 Å². The first kappa shape index (κ1) is 19.5. The summed E-state index contributed by atoms with van der Waals surface area (Å²) in [5.41, 5.74) is 3.52. The normalized spacial score (nSPS) is 13.5. The summed E-state index contributed by atoms with van der Waals surface area (Å²) in [4.78, 5) is 9.20. The van der Waals surface area contributed by atoms with E-state index in [1.165, 1.54) is 11.0 Å². The number of benzene rings is 2. The first-order valence-electron chi connectivity index (χ1n) is 8.82. The smallest absolute Gasteiger partial charge is 0.403 e. The molecule has 1 N–H and O–H groups in total. The monoisotopic (exact) mass is 420 g/mol. The topological polar surface area (TPSA) is 40.6 Å². The average Bonchev–Trinajstić information content (AvgIpc) is 3.00. The van der Waals surface area contributed by atoms with Crippen molar-refractivity contribution < 1.29 is 17.9 Å². The van der Waals surface area contributed by atoms with Crippen LogP contribution in [-0.4, -0.2) is 38.4 Å². The van der Waals surface area contributed by atoms with Crippen LogP contribution in [0.4, 0.5) is 35.9 Å². The van der Waals surface area contributed by atoms with Gasteiger partial charge >= 0.3 is 6.36 Å². The Morgan fingerprint density at radius 3 is 2.69 bits per heavy atom. The highest BCUT2D eigenvalue weighted by Crippen LogP contribution is 2.41. The number of alkyl halides is 3. The third kappa shape index (κ3) is 4.00. The fourth-order valence-electron chi connectivity index (χ4n) is 3.23. The summed E-state index contributed by atoms with van der Waals surface area (Å²) in [5, 5.41) is 4.08. The third-order valence-electron chi connectivity index (χ3n) is 4.59. The molecule has 2 heterocycles. The first-order chi connectivity index (χ1) is 13.7. The maximum absolute atomic E-state index is 12.8. The predicted molar refractivity (Wildman–Crippen MR) is 112 cm³/mol. The number of fused-ring (bicyclic) bond motifs is 2. The minimum Gasteiger partial charge on any atom is -0.403 e. The van der Waals surface area contributed by atoms with Gasteiger partial charge in [-0.3, -0.25) is 4.98 Å². The summed E-state index contributed by atoms with van der Waals surface area (Å²) in [6.45, 7) is 0. The van der Waals surface area contributed by atoms with Crippen LogP contribution in [0.25, 0.3) is 10.9 Å². The zero-order valence-corrected chi connectivity index (χ0v) is 16.9. The highest BCUT2D eigenvalue weighted by atomic mass is 32.2. The Hall–Kier alpha value is -2.81. The highest BCUT2D eigenvalue weighted by molar-refractivity contribution is 7.99. The van der Waals surface area contributed by atoms with Gasteiger partial charge in [0.05, 0.1) is 22.8 Å². The SMILES string of the molecule is CN(C)c1cc2c(Nc3ccc4c(c3)N(C)CS4)ccnc2cc1OC(F)(F)F.